The Labute approximate surface area is 106 Å². The molecule has 0 spiro atoms. The van der Waals surface area contributed by atoms with Crippen molar-refractivity contribution in [2.45, 2.75) is 13.3 Å². The molecule has 0 radical (unpaired) electrons. The second kappa shape index (κ2) is 5.95. The van der Waals surface area contributed by atoms with E-state index in [9.17, 15) is 9.90 Å². The van der Waals surface area contributed by atoms with Gasteiger partial charge in [-0.25, -0.2) is 0 Å². The van der Waals surface area contributed by atoms with Gasteiger partial charge >= 0.3 is 0 Å². The molecule has 0 bridgehead atoms. The fraction of sp³-hybridized carbons (Fsp3) is 0.308. The summed E-state index contributed by atoms with van der Waals surface area (Å²) in [6, 6.07) is 1.64. The summed E-state index contributed by atoms with van der Waals surface area (Å²) in [4.78, 5) is 10.8. The van der Waals surface area contributed by atoms with E-state index in [0.717, 1.165) is 11.1 Å². The number of rotatable bonds is 5. The molecule has 0 unspecified atom stereocenters. The molecule has 0 saturated heterocycles. The van der Waals surface area contributed by atoms with Crippen molar-refractivity contribution in [3.05, 3.63) is 23.3 Å². The smallest absolute Gasteiger partial charge is 0.241 e. The van der Waals surface area contributed by atoms with Gasteiger partial charge in [-0.05, 0) is 24.1 Å². The summed E-state index contributed by atoms with van der Waals surface area (Å²) < 4.78 is 10.2. The Bertz CT molecular complexity index is 480. The van der Waals surface area contributed by atoms with Crippen LogP contribution in [0.25, 0.3) is 6.08 Å². The van der Waals surface area contributed by atoms with E-state index < -0.39 is 5.91 Å². The molecule has 18 heavy (non-hydrogen) atoms. The maximum absolute atomic E-state index is 10.8. The fourth-order valence-corrected chi connectivity index (χ4v) is 1.74. The van der Waals surface area contributed by atoms with Crippen molar-refractivity contribution < 1.29 is 19.4 Å². The average Bonchev–Trinajstić information content (AvgIpc) is 2.36. The van der Waals surface area contributed by atoms with E-state index >= 15 is 0 Å². The summed E-state index contributed by atoms with van der Waals surface area (Å²) in [5, 5.41) is 9.94. The number of carbonyl (C=O) groups is 1. The van der Waals surface area contributed by atoms with Gasteiger partial charge in [-0.15, -0.1) is 0 Å². The summed E-state index contributed by atoms with van der Waals surface area (Å²) in [7, 11) is 2.91. The number of methoxy groups -OCH3 is 2. The van der Waals surface area contributed by atoms with Gasteiger partial charge in [0.25, 0.3) is 0 Å². The molecule has 1 amide bonds. The lowest BCUT2D eigenvalue weighted by Crippen LogP contribution is -2.05. The highest BCUT2D eigenvalue weighted by molar-refractivity contribution is 5.90. The first-order valence-electron chi connectivity index (χ1n) is 5.49. The lowest BCUT2D eigenvalue weighted by atomic mass is 10.0. The van der Waals surface area contributed by atoms with E-state index in [1.54, 1.807) is 12.1 Å². The SMILES string of the molecule is CCc1c(C=CC(N)=O)cc(OC)c(O)c1OC. The topological polar surface area (TPSA) is 81.8 Å². The Balaban J connectivity index is 3.44. The van der Waals surface area contributed by atoms with Crippen LogP contribution in [-0.4, -0.2) is 25.2 Å². The average molecular weight is 251 g/mol. The molecule has 5 heteroatoms. The lowest BCUT2D eigenvalue weighted by molar-refractivity contribution is -0.113. The molecule has 0 aliphatic heterocycles. The number of hydrogen-bond donors (Lipinski definition) is 2. The monoisotopic (exact) mass is 251 g/mol. The first-order chi connectivity index (χ1) is 8.54. The van der Waals surface area contributed by atoms with Crippen molar-refractivity contribution in [2.24, 2.45) is 5.73 Å². The van der Waals surface area contributed by atoms with Crippen LogP contribution in [0.1, 0.15) is 18.1 Å². The summed E-state index contributed by atoms with van der Waals surface area (Å²) in [6.07, 6.45) is 3.47. The number of hydrogen-bond acceptors (Lipinski definition) is 4. The Morgan fingerprint density at radius 3 is 2.56 bits per heavy atom. The van der Waals surface area contributed by atoms with Gasteiger partial charge in [0.1, 0.15) is 0 Å². The highest BCUT2D eigenvalue weighted by Gasteiger charge is 2.16. The molecule has 0 fully saturated rings. The van der Waals surface area contributed by atoms with E-state index in [-0.39, 0.29) is 11.5 Å². The summed E-state index contributed by atoms with van der Waals surface area (Å²) in [5.74, 6) is 0.0466. The van der Waals surface area contributed by atoms with Crippen LogP contribution in [0.15, 0.2) is 12.1 Å². The predicted molar refractivity (Wildman–Crippen MR) is 68.8 cm³/mol. The number of primary amides is 1. The Hall–Kier alpha value is -2.17. The van der Waals surface area contributed by atoms with Crippen molar-refractivity contribution in [3.63, 3.8) is 0 Å². The molecule has 0 heterocycles. The van der Waals surface area contributed by atoms with Crippen LogP contribution in [0.5, 0.6) is 17.2 Å². The molecule has 3 N–H and O–H groups in total. The first kappa shape index (κ1) is 13.9. The molecule has 0 aliphatic carbocycles. The van der Waals surface area contributed by atoms with Crippen molar-refractivity contribution in [2.75, 3.05) is 14.2 Å². The van der Waals surface area contributed by atoms with Crippen molar-refractivity contribution in [1.82, 2.24) is 0 Å². The number of benzene rings is 1. The minimum Gasteiger partial charge on any atom is -0.502 e. The second-order valence-electron chi connectivity index (χ2n) is 3.62. The van der Waals surface area contributed by atoms with Gasteiger partial charge in [-0.1, -0.05) is 6.92 Å². The van der Waals surface area contributed by atoms with Gasteiger partial charge in [-0.3, -0.25) is 4.79 Å². The van der Waals surface area contributed by atoms with Crippen LogP contribution >= 0.6 is 0 Å². The first-order valence-corrected chi connectivity index (χ1v) is 5.49. The number of ether oxygens (including phenoxy) is 2. The van der Waals surface area contributed by atoms with Crippen molar-refractivity contribution in [3.8, 4) is 17.2 Å². The Morgan fingerprint density at radius 1 is 1.44 bits per heavy atom. The number of aromatic hydroxyl groups is 1. The largest absolute Gasteiger partial charge is 0.502 e. The molecule has 1 rings (SSSR count). The van der Waals surface area contributed by atoms with E-state index in [4.69, 9.17) is 15.2 Å². The Morgan fingerprint density at radius 2 is 2.11 bits per heavy atom. The lowest BCUT2D eigenvalue weighted by Gasteiger charge is -2.15. The maximum Gasteiger partial charge on any atom is 0.241 e. The zero-order chi connectivity index (χ0) is 13.7. The minimum absolute atomic E-state index is 0.0481. The van der Waals surface area contributed by atoms with Gasteiger partial charge in [0.15, 0.2) is 11.5 Å². The van der Waals surface area contributed by atoms with Gasteiger partial charge < -0.3 is 20.3 Å². The molecular weight excluding hydrogens is 234 g/mol. The number of phenolic OH excluding ortho intramolecular Hbond substituents is 1. The molecule has 1 aromatic carbocycles. The van der Waals surface area contributed by atoms with Crippen LogP contribution in [0.3, 0.4) is 0 Å². The van der Waals surface area contributed by atoms with E-state index in [1.807, 2.05) is 6.92 Å². The summed E-state index contributed by atoms with van der Waals surface area (Å²) >= 11 is 0. The molecule has 0 atom stereocenters. The number of amides is 1. The molecular formula is C13H17NO4. The zero-order valence-corrected chi connectivity index (χ0v) is 10.7. The highest BCUT2D eigenvalue weighted by atomic mass is 16.5. The van der Waals surface area contributed by atoms with Gasteiger partial charge in [0.2, 0.25) is 11.7 Å². The van der Waals surface area contributed by atoms with Crippen LogP contribution in [-0.2, 0) is 11.2 Å². The van der Waals surface area contributed by atoms with Crippen molar-refractivity contribution in [1.29, 1.82) is 0 Å². The molecule has 98 valence electrons. The maximum atomic E-state index is 10.8. The minimum atomic E-state index is -0.539. The molecule has 0 saturated carbocycles. The molecule has 0 aromatic heterocycles. The highest BCUT2D eigenvalue weighted by Crippen LogP contribution is 2.41. The standard InChI is InChI=1S/C13H17NO4/c1-4-9-8(5-6-11(14)15)7-10(17-2)12(16)13(9)18-3/h5-7,16H,4H2,1-3H3,(H2,14,15). The van der Waals surface area contributed by atoms with Crippen LogP contribution in [0.4, 0.5) is 0 Å². The van der Waals surface area contributed by atoms with Crippen LogP contribution < -0.4 is 15.2 Å². The van der Waals surface area contributed by atoms with E-state index in [1.165, 1.54) is 20.3 Å². The summed E-state index contributed by atoms with van der Waals surface area (Å²) in [5.41, 5.74) is 6.58. The van der Waals surface area contributed by atoms with E-state index in [2.05, 4.69) is 0 Å². The molecule has 1 aromatic rings. The zero-order valence-electron chi connectivity index (χ0n) is 10.7. The third-order valence-corrected chi connectivity index (χ3v) is 2.56. The van der Waals surface area contributed by atoms with E-state index in [0.29, 0.717) is 12.2 Å². The van der Waals surface area contributed by atoms with Crippen LogP contribution in [0, 0.1) is 0 Å². The quantitative estimate of drug-likeness (QED) is 0.776. The molecule has 5 nitrogen and oxygen atoms in total. The van der Waals surface area contributed by atoms with Crippen LogP contribution in [0.2, 0.25) is 0 Å². The van der Waals surface area contributed by atoms with Crippen molar-refractivity contribution >= 4 is 12.0 Å². The normalized spacial score (nSPS) is 10.6. The van der Waals surface area contributed by atoms with Gasteiger partial charge in [0, 0.05) is 11.6 Å². The molecule has 0 aliphatic rings. The fourth-order valence-electron chi connectivity index (χ4n) is 1.74. The number of nitrogens with two attached hydrogens (primary N) is 1. The third-order valence-electron chi connectivity index (χ3n) is 2.56. The number of phenols is 1. The van der Waals surface area contributed by atoms with Gasteiger partial charge in [0.05, 0.1) is 14.2 Å². The summed E-state index contributed by atoms with van der Waals surface area (Å²) in [6.45, 7) is 1.92. The predicted octanol–water partition coefficient (Wildman–Crippen LogP) is 1.47. The van der Waals surface area contributed by atoms with Gasteiger partial charge in [-0.2, -0.15) is 0 Å². The Kier molecular flexibility index (Phi) is 4.59. The third kappa shape index (κ3) is 2.74. The second-order valence-corrected chi connectivity index (χ2v) is 3.62. The number of carbonyl (C=O) groups excluding carboxylic acids is 1.